The van der Waals surface area contributed by atoms with E-state index in [2.05, 4.69) is 53.6 Å². The zero-order chi connectivity index (χ0) is 19.5. The predicted molar refractivity (Wildman–Crippen MR) is 114 cm³/mol. The highest BCUT2D eigenvalue weighted by atomic mass is 16.5. The fourth-order valence-electron chi connectivity index (χ4n) is 3.76. The van der Waals surface area contributed by atoms with Crippen LogP contribution in [0.5, 0.6) is 11.5 Å². The van der Waals surface area contributed by atoms with Crippen molar-refractivity contribution in [3.63, 3.8) is 0 Å². The van der Waals surface area contributed by atoms with Gasteiger partial charge in [0, 0.05) is 39.5 Å². The first-order chi connectivity index (χ1) is 13.7. The zero-order valence-corrected chi connectivity index (χ0v) is 16.3. The van der Waals surface area contributed by atoms with E-state index in [1.165, 1.54) is 10.9 Å². The number of anilines is 1. The van der Waals surface area contributed by atoms with Gasteiger partial charge in [-0.05, 0) is 31.2 Å². The van der Waals surface area contributed by atoms with Crippen molar-refractivity contribution in [2.75, 3.05) is 19.5 Å². The summed E-state index contributed by atoms with van der Waals surface area (Å²) in [6.45, 7) is 2.12. The monoisotopic (exact) mass is 372 g/mol. The summed E-state index contributed by atoms with van der Waals surface area (Å²) in [5, 5.41) is 4.90. The molecule has 2 N–H and O–H groups in total. The second kappa shape index (κ2) is 7.69. The number of benzene rings is 3. The molecule has 142 valence electrons. The van der Waals surface area contributed by atoms with Crippen molar-refractivity contribution in [1.82, 2.24) is 4.98 Å². The van der Waals surface area contributed by atoms with Crippen LogP contribution in [0.3, 0.4) is 0 Å². The third-order valence-electron chi connectivity index (χ3n) is 5.06. The van der Waals surface area contributed by atoms with E-state index in [1.807, 2.05) is 36.4 Å². The number of rotatable bonds is 6. The lowest BCUT2D eigenvalue weighted by atomic mass is 9.95. The fourth-order valence-corrected chi connectivity index (χ4v) is 3.76. The molecule has 0 saturated carbocycles. The summed E-state index contributed by atoms with van der Waals surface area (Å²) in [4.78, 5) is 3.52. The number of aryl methyl sites for hydroxylation is 1. The Labute approximate surface area is 165 Å². The van der Waals surface area contributed by atoms with Crippen LogP contribution < -0.4 is 14.8 Å². The molecule has 1 heterocycles. The van der Waals surface area contributed by atoms with Gasteiger partial charge in [0.15, 0.2) is 0 Å². The summed E-state index contributed by atoms with van der Waals surface area (Å²) in [7, 11) is 3.39. The van der Waals surface area contributed by atoms with Gasteiger partial charge < -0.3 is 19.8 Å². The van der Waals surface area contributed by atoms with E-state index in [4.69, 9.17) is 9.47 Å². The second-order valence-corrected chi connectivity index (χ2v) is 6.76. The van der Waals surface area contributed by atoms with Crippen molar-refractivity contribution in [1.29, 1.82) is 0 Å². The molecule has 4 nitrogen and oxygen atoms in total. The number of nitrogens with one attached hydrogen (secondary N) is 2. The van der Waals surface area contributed by atoms with Gasteiger partial charge in [0.05, 0.1) is 20.3 Å². The first-order valence-electron chi connectivity index (χ1n) is 9.32. The van der Waals surface area contributed by atoms with Crippen LogP contribution in [0.4, 0.5) is 5.69 Å². The summed E-state index contributed by atoms with van der Waals surface area (Å²) in [6.07, 6.45) is 0. The van der Waals surface area contributed by atoms with Crippen LogP contribution in [0.25, 0.3) is 10.9 Å². The molecule has 4 heteroatoms. The maximum absolute atomic E-state index is 5.68. The molecule has 4 rings (SSSR count). The van der Waals surface area contributed by atoms with Crippen LogP contribution in [0.15, 0.2) is 72.8 Å². The number of hydrogen-bond donors (Lipinski definition) is 2. The summed E-state index contributed by atoms with van der Waals surface area (Å²) in [5.74, 6) is 1.67. The van der Waals surface area contributed by atoms with Gasteiger partial charge >= 0.3 is 0 Å². The summed E-state index contributed by atoms with van der Waals surface area (Å²) in [6, 6.07) is 24.4. The Bertz CT molecular complexity index is 1100. The second-order valence-electron chi connectivity index (χ2n) is 6.76. The molecular formula is C24H24N2O2. The maximum atomic E-state index is 5.68. The molecule has 0 aliphatic rings. The third kappa shape index (κ3) is 3.29. The number of para-hydroxylation sites is 2. The average molecular weight is 372 g/mol. The van der Waals surface area contributed by atoms with Crippen LogP contribution in [-0.2, 0) is 0 Å². The molecule has 0 radical (unpaired) electrons. The van der Waals surface area contributed by atoms with Gasteiger partial charge in [-0.25, -0.2) is 0 Å². The molecule has 1 atom stereocenters. The van der Waals surface area contributed by atoms with Gasteiger partial charge in [-0.1, -0.05) is 42.5 Å². The van der Waals surface area contributed by atoms with E-state index in [1.54, 1.807) is 14.2 Å². The van der Waals surface area contributed by atoms with Gasteiger partial charge in [-0.3, -0.25) is 0 Å². The normalized spacial score (nSPS) is 12.0. The molecular weight excluding hydrogens is 348 g/mol. The zero-order valence-electron chi connectivity index (χ0n) is 16.3. The van der Waals surface area contributed by atoms with Crippen LogP contribution in [0.1, 0.15) is 22.9 Å². The largest absolute Gasteiger partial charge is 0.497 e. The third-order valence-corrected chi connectivity index (χ3v) is 5.06. The van der Waals surface area contributed by atoms with E-state index in [-0.39, 0.29) is 6.04 Å². The minimum absolute atomic E-state index is 0.0839. The van der Waals surface area contributed by atoms with Gasteiger partial charge in [0.2, 0.25) is 0 Å². The molecule has 0 amide bonds. The molecule has 28 heavy (non-hydrogen) atoms. The molecule has 3 aromatic carbocycles. The number of H-pyrrole nitrogens is 1. The number of aromatic amines is 1. The minimum Gasteiger partial charge on any atom is -0.497 e. The lowest BCUT2D eigenvalue weighted by molar-refractivity contribution is 0.408. The summed E-state index contributed by atoms with van der Waals surface area (Å²) < 4.78 is 11.1. The van der Waals surface area contributed by atoms with Crippen LogP contribution in [-0.4, -0.2) is 19.2 Å². The van der Waals surface area contributed by atoms with Crippen molar-refractivity contribution >= 4 is 16.6 Å². The average Bonchev–Trinajstić information content (AvgIpc) is 3.07. The van der Waals surface area contributed by atoms with E-state index in [0.717, 1.165) is 34.0 Å². The van der Waals surface area contributed by atoms with E-state index < -0.39 is 0 Å². The maximum Gasteiger partial charge on any atom is 0.124 e. The molecule has 1 aromatic heterocycles. The van der Waals surface area contributed by atoms with Crippen LogP contribution in [0, 0.1) is 6.92 Å². The number of ether oxygens (including phenoxy) is 2. The number of fused-ring (bicyclic) bond motifs is 1. The van der Waals surface area contributed by atoms with Crippen molar-refractivity contribution in [3.8, 4) is 11.5 Å². The van der Waals surface area contributed by atoms with Gasteiger partial charge in [-0.15, -0.1) is 0 Å². The minimum atomic E-state index is -0.0839. The first kappa shape index (κ1) is 18.0. The molecule has 0 unspecified atom stereocenters. The fraction of sp³-hybridized carbons (Fsp3) is 0.167. The van der Waals surface area contributed by atoms with Crippen molar-refractivity contribution in [2.24, 2.45) is 0 Å². The molecule has 0 aliphatic heterocycles. The van der Waals surface area contributed by atoms with E-state index in [9.17, 15) is 0 Å². The highest BCUT2D eigenvalue weighted by Crippen LogP contribution is 2.38. The number of aromatic nitrogens is 1. The topological polar surface area (TPSA) is 46.3 Å². The Morgan fingerprint density at radius 2 is 1.64 bits per heavy atom. The standard InChI is InChI=1S/C24H24N2O2/c1-16-23(19-11-4-6-13-21(19)25-16)24(20-12-5-7-14-22(20)28-3)26-17-9-8-10-18(15-17)27-2/h4-15,24-26H,1-3H3/t24-/m1/s1. The van der Waals surface area contributed by atoms with Crippen LogP contribution >= 0.6 is 0 Å². The Balaban J connectivity index is 1.89. The lowest BCUT2D eigenvalue weighted by Gasteiger charge is -2.23. The number of methoxy groups -OCH3 is 2. The van der Waals surface area contributed by atoms with E-state index >= 15 is 0 Å². The first-order valence-corrected chi connectivity index (χ1v) is 9.32. The molecule has 4 aromatic rings. The van der Waals surface area contributed by atoms with Crippen molar-refractivity contribution < 1.29 is 9.47 Å². The van der Waals surface area contributed by atoms with Gasteiger partial charge in [0.1, 0.15) is 11.5 Å². The predicted octanol–water partition coefficient (Wildman–Crippen LogP) is 5.70. The Morgan fingerprint density at radius 1 is 0.857 bits per heavy atom. The molecule has 0 aliphatic carbocycles. The Morgan fingerprint density at radius 3 is 2.46 bits per heavy atom. The quantitative estimate of drug-likeness (QED) is 0.457. The Kier molecular flexibility index (Phi) is 4.94. The van der Waals surface area contributed by atoms with Crippen molar-refractivity contribution in [3.05, 3.63) is 89.6 Å². The highest BCUT2D eigenvalue weighted by molar-refractivity contribution is 5.86. The SMILES string of the molecule is COc1cccc(N[C@H](c2ccccc2OC)c2c(C)[nH]c3ccccc23)c1. The van der Waals surface area contributed by atoms with Gasteiger partial charge in [0.25, 0.3) is 0 Å². The summed E-state index contributed by atoms with van der Waals surface area (Å²) >= 11 is 0. The molecule has 0 spiro atoms. The smallest absolute Gasteiger partial charge is 0.124 e. The number of hydrogen-bond acceptors (Lipinski definition) is 3. The summed E-state index contributed by atoms with van der Waals surface area (Å²) in [5.41, 5.74) is 5.54. The molecule has 0 bridgehead atoms. The Hall–Kier alpha value is -3.40. The lowest BCUT2D eigenvalue weighted by Crippen LogP contribution is -2.14. The molecule has 0 fully saturated rings. The highest BCUT2D eigenvalue weighted by Gasteiger charge is 2.23. The van der Waals surface area contributed by atoms with Crippen molar-refractivity contribution in [2.45, 2.75) is 13.0 Å². The molecule has 0 saturated heterocycles. The van der Waals surface area contributed by atoms with Gasteiger partial charge in [-0.2, -0.15) is 0 Å². The van der Waals surface area contributed by atoms with E-state index in [0.29, 0.717) is 0 Å². The van der Waals surface area contributed by atoms with Crippen LogP contribution in [0.2, 0.25) is 0 Å².